The summed E-state index contributed by atoms with van der Waals surface area (Å²) in [5, 5.41) is 10.1. The molecule has 0 radical (unpaired) electrons. The first kappa shape index (κ1) is 31.1. The number of alkyl halides is 2. The molecule has 0 aromatic carbocycles. The maximum atomic E-state index is 13.9. The number of hydrogen-bond acceptors (Lipinski definition) is 8. The third-order valence-corrected chi connectivity index (χ3v) is 8.48. The Labute approximate surface area is 251 Å². The number of carbonyl (C=O) groups excluding carboxylic acids is 1. The number of oxazole rings is 1. The molecule has 234 valence electrons. The van der Waals surface area contributed by atoms with Crippen molar-refractivity contribution in [1.82, 2.24) is 24.6 Å². The fourth-order valence-corrected chi connectivity index (χ4v) is 5.78. The second-order valence-corrected chi connectivity index (χ2v) is 12.1. The molecule has 0 bridgehead atoms. The molecule has 10 nitrogen and oxygen atoms in total. The summed E-state index contributed by atoms with van der Waals surface area (Å²) in [6.45, 7) is 3.75. The summed E-state index contributed by atoms with van der Waals surface area (Å²) in [6.07, 6.45) is 12.5. The molecule has 3 aromatic rings. The molecule has 0 saturated heterocycles. The molecule has 0 spiro atoms. The van der Waals surface area contributed by atoms with Crippen LogP contribution in [0, 0.1) is 11.8 Å². The van der Waals surface area contributed by atoms with Gasteiger partial charge in [0, 0.05) is 31.0 Å². The number of carbonyl (C=O) groups is 1. The molecule has 0 atom stereocenters. The van der Waals surface area contributed by atoms with Crippen LogP contribution in [0.2, 0.25) is 0 Å². The first-order chi connectivity index (χ1) is 20.9. The Morgan fingerprint density at radius 3 is 2.65 bits per heavy atom. The van der Waals surface area contributed by atoms with Crippen LogP contribution in [0.1, 0.15) is 92.9 Å². The molecule has 12 heteroatoms. The molecular formula is C31H44F2N8O2. The molecule has 3 heterocycles. The Bertz CT molecular complexity index is 1320. The topological polar surface area (TPSA) is 127 Å². The number of unbranched alkanes of at least 4 members (excludes halogenated alkanes) is 3. The largest absolute Gasteiger partial charge is 0.444 e. The van der Waals surface area contributed by atoms with Gasteiger partial charge in [-0.05, 0) is 95.5 Å². The van der Waals surface area contributed by atoms with Crippen molar-refractivity contribution in [3.05, 3.63) is 42.2 Å². The average molecular weight is 599 g/mol. The Morgan fingerprint density at radius 1 is 1.14 bits per heavy atom. The van der Waals surface area contributed by atoms with Gasteiger partial charge in [-0.3, -0.25) is 9.48 Å². The molecule has 2 fully saturated rings. The summed E-state index contributed by atoms with van der Waals surface area (Å²) < 4.78 is 35.0. The number of nitrogens with two attached hydrogens (primary N) is 1. The lowest BCUT2D eigenvalue weighted by molar-refractivity contribution is 0.102. The summed E-state index contributed by atoms with van der Waals surface area (Å²) in [4.78, 5) is 24.0. The van der Waals surface area contributed by atoms with Crippen molar-refractivity contribution in [1.29, 1.82) is 0 Å². The van der Waals surface area contributed by atoms with Crippen LogP contribution in [-0.2, 0) is 0 Å². The molecule has 4 N–H and O–H groups in total. The third kappa shape index (κ3) is 8.82. The zero-order valence-electron chi connectivity index (χ0n) is 25.0. The van der Waals surface area contributed by atoms with Gasteiger partial charge in [0.05, 0.1) is 11.7 Å². The minimum atomic E-state index is -2.82. The Kier molecular flexibility index (Phi) is 10.7. The van der Waals surface area contributed by atoms with Crippen LogP contribution in [0.4, 0.5) is 20.3 Å². The van der Waals surface area contributed by atoms with Crippen molar-refractivity contribution in [3.8, 4) is 11.5 Å². The molecule has 2 aliphatic carbocycles. The maximum Gasteiger partial charge on any atom is 0.284 e. The summed E-state index contributed by atoms with van der Waals surface area (Å²) >= 11 is 0. The second kappa shape index (κ2) is 14.9. The molecule has 2 aliphatic rings. The summed E-state index contributed by atoms with van der Waals surface area (Å²) in [7, 11) is 2.17. The molecule has 0 aliphatic heterocycles. The normalized spacial score (nSPS) is 18.8. The minimum absolute atomic E-state index is 0.00323. The standard InChI is InChI=1S/C31H44F2N8O2/c1-40(15-5-3-2-4-13-34)18-22-8-10-24(11-9-22)41-19-25(28(39-41)29(32)33)37-30(42)26-20-43-31(38-26)23-12-14-35-27(16-23)36-17-21-6-7-21/h12,14,16,19-22,24,29H,2-11,13,15,17-18,34H2,1H3,(H,35,36)(H,37,42). The van der Waals surface area contributed by atoms with Crippen LogP contribution in [0.25, 0.3) is 11.5 Å². The highest BCUT2D eigenvalue weighted by Gasteiger charge is 2.28. The molecule has 2 saturated carbocycles. The van der Waals surface area contributed by atoms with Gasteiger partial charge in [0.2, 0.25) is 5.89 Å². The SMILES string of the molecule is CN(CCCCCCN)CC1CCC(n2cc(NC(=O)c3coc(-c4ccnc(NCC5CC5)c4)n3)c(C(F)F)n2)CC1. The van der Waals surface area contributed by atoms with E-state index in [0.717, 1.165) is 58.3 Å². The van der Waals surface area contributed by atoms with Crippen molar-refractivity contribution in [2.75, 3.05) is 43.9 Å². The number of aromatic nitrogens is 4. The first-order valence-corrected chi connectivity index (χ1v) is 15.6. The average Bonchev–Trinajstić information content (AvgIpc) is 3.52. The Hall–Kier alpha value is -3.38. The van der Waals surface area contributed by atoms with Gasteiger partial charge >= 0.3 is 0 Å². The predicted molar refractivity (Wildman–Crippen MR) is 162 cm³/mol. The van der Waals surface area contributed by atoms with Gasteiger partial charge in [-0.15, -0.1) is 0 Å². The number of anilines is 2. The quantitative estimate of drug-likeness (QED) is 0.168. The highest BCUT2D eigenvalue weighted by atomic mass is 19.3. The molecule has 5 rings (SSSR count). The van der Waals surface area contributed by atoms with Gasteiger partial charge < -0.3 is 25.7 Å². The van der Waals surface area contributed by atoms with Crippen LogP contribution < -0.4 is 16.4 Å². The lowest BCUT2D eigenvalue weighted by atomic mass is 9.86. The van der Waals surface area contributed by atoms with E-state index in [1.165, 1.54) is 44.6 Å². The van der Waals surface area contributed by atoms with Gasteiger partial charge in [-0.1, -0.05) is 12.8 Å². The van der Waals surface area contributed by atoms with Crippen molar-refractivity contribution < 1.29 is 18.0 Å². The summed E-state index contributed by atoms with van der Waals surface area (Å²) in [5.74, 6) is 1.60. The summed E-state index contributed by atoms with van der Waals surface area (Å²) in [6, 6.07) is 3.58. The zero-order chi connectivity index (χ0) is 30.2. The maximum absolute atomic E-state index is 13.9. The van der Waals surface area contributed by atoms with Crippen molar-refractivity contribution >= 4 is 17.4 Å². The predicted octanol–water partition coefficient (Wildman–Crippen LogP) is 6.13. The smallest absolute Gasteiger partial charge is 0.284 e. The van der Waals surface area contributed by atoms with Crippen LogP contribution in [0.5, 0.6) is 0 Å². The fourth-order valence-electron chi connectivity index (χ4n) is 5.78. The number of nitrogens with zero attached hydrogens (tertiary/aromatic N) is 5. The van der Waals surface area contributed by atoms with Gasteiger partial charge in [0.1, 0.15) is 12.1 Å². The number of hydrogen-bond donors (Lipinski definition) is 3. The van der Waals surface area contributed by atoms with Crippen molar-refractivity contribution in [2.24, 2.45) is 17.6 Å². The minimum Gasteiger partial charge on any atom is -0.444 e. The Balaban J connectivity index is 1.15. The van der Waals surface area contributed by atoms with E-state index in [1.54, 1.807) is 16.9 Å². The summed E-state index contributed by atoms with van der Waals surface area (Å²) in [5.41, 5.74) is 5.80. The molecule has 0 unspecified atom stereocenters. The van der Waals surface area contributed by atoms with Crippen LogP contribution in [0.15, 0.2) is 35.2 Å². The molecule has 3 aromatic heterocycles. The first-order valence-electron chi connectivity index (χ1n) is 15.6. The van der Waals surface area contributed by atoms with E-state index in [0.29, 0.717) is 23.2 Å². The lowest BCUT2D eigenvalue weighted by Crippen LogP contribution is -2.30. The van der Waals surface area contributed by atoms with Gasteiger partial charge in [-0.25, -0.2) is 18.7 Å². The van der Waals surface area contributed by atoms with E-state index in [4.69, 9.17) is 10.2 Å². The van der Waals surface area contributed by atoms with Gasteiger partial charge in [0.15, 0.2) is 11.4 Å². The van der Waals surface area contributed by atoms with Gasteiger partial charge in [-0.2, -0.15) is 5.10 Å². The molecule has 43 heavy (non-hydrogen) atoms. The molecule has 1 amide bonds. The number of halogens is 2. The van der Waals surface area contributed by atoms with E-state index in [-0.39, 0.29) is 23.3 Å². The van der Waals surface area contributed by atoms with E-state index >= 15 is 0 Å². The Morgan fingerprint density at radius 2 is 1.91 bits per heavy atom. The van der Waals surface area contributed by atoms with Crippen LogP contribution in [-0.4, -0.2) is 63.8 Å². The third-order valence-electron chi connectivity index (χ3n) is 8.48. The second-order valence-electron chi connectivity index (χ2n) is 12.1. The molecular weight excluding hydrogens is 554 g/mol. The van der Waals surface area contributed by atoms with E-state index in [1.807, 2.05) is 6.07 Å². The number of pyridine rings is 1. The van der Waals surface area contributed by atoms with Crippen LogP contribution in [0.3, 0.4) is 0 Å². The van der Waals surface area contributed by atoms with Gasteiger partial charge in [0.25, 0.3) is 12.3 Å². The van der Waals surface area contributed by atoms with E-state index in [9.17, 15) is 13.6 Å². The van der Waals surface area contributed by atoms with E-state index in [2.05, 4.69) is 37.6 Å². The zero-order valence-corrected chi connectivity index (χ0v) is 25.0. The van der Waals surface area contributed by atoms with Crippen molar-refractivity contribution in [3.63, 3.8) is 0 Å². The number of amides is 1. The fraction of sp³-hybridized carbons (Fsp3) is 0.613. The number of nitrogens with one attached hydrogen (secondary N) is 2. The van der Waals surface area contributed by atoms with E-state index < -0.39 is 18.0 Å². The highest BCUT2D eigenvalue weighted by molar-refractivity contribution is 6.03. The monoisotopic (exact) mass is 598 g/mol. The lowest BCUT2D eigenvalue weighted by Gasteiger charge is -2.31. The van der Waals surface area contributed by atoms with Crippen molar-refractivity contribution in [2.45, 2.75) is 76.7 Å². The van der Waals surface area contributed by atoms with Crippen LogP contribution >= 0.6 is 0 Å². The number of rotatable bonds is 16. The highest BCUT2D eigenvalue weighted by Crippen LogP contribution is 2.35.